The minimum atomic E-state index is 0.158. The van der Waals surface area contributed by atoms with E-state index >= 15 is 0 Å². The van der Waals surface area contributed by atoms with Crippen molar-refractivity contribution in [3.05, 3.63) is 28.8 Å². The van der Waals surface area contributed by atoms with Gasteiger partial charge in [0.15, 0.2) is 0 Å². The zero-order chi connectivity index (χ0) is 15.3. The number of aliphatic hydroxyl groups is 1. The molecule has 0 saturated carbocycles. The summed E-state index contributed by atoms with van der Waals surface area (Å²) in [5, 5.41) is 9.55. The number of benzene rings is 1. The van der Waals surface area contributed by atoms with Crippen LogP contribution >= 0.6 is 0 Å². The molecule has 0 saturated heterocycles. The molecular weight excluding hydrogens is 250 g/mol. The SMILES string of the molecule is CCCOc1c(C)cc(C)cc1C(C(C)CO)N(C)C. The van der Waals surface area contributed by atoms with E-state index in [4.69, 9.17) is 4.74 Å². The number of aliphatic hydroxyl groups excluding tert-OH is 1. The fraction of sp³-hybridized carbons (Fsp3) is 0.647. The Bertz CT molecular complexity index is 429. The van der Waals surface area contributed by atoms with Crippen LogP contribution in [-0.2, 0) is 0 Å². The number of hydrogen-bond donors (Lipinski definition) is 1. The van der Waals surface area contributed by atoms with Crippen molar-refractivity contribution < 1.29 is 9.84 Å². The molecule has 2 atom stereocenters. The molecule has 1 aromatic rings. The van der Waals surface area contributed by atoms with E-state index in [0.29, 0.717) is 0 Å². The van der Waals surface area contributed by atoms with Gasteiger partial charge >= 0.3 is 0 Å². The van der Waals surface area contributed by atoms with E-state index in [1.165, 1.54) is 16.7 Å². The Morgan fingerprint density at radius 1 is 1.25 bits per heavy atom. The van der Waals surface area contributed by atoms with Crippen LogP contribution in [0.15, 0.2) is 12.1 Å². The first-order valence-corrected chi connectivity index (χ1v) is 7.43. The zero-order valence-corrected chi connectivity index (χ0v) is 13.7. The Hall–Kier alpha value is -1.06. The molecule has 0 bridgehead atoms. The molecule has 0 radical (unpaired) electrons. The van der Waals surface area contributed by atoms with Crippen LogP contribution in [0.5, 0.6) is 5.75 Å². The topological polar surface area (TPSA) is 32.7 Å². The van der Waals surface area contributed by atoms with Gasteiger partial charge in [-0.15, -0.1) is 0 Å². The predicted octanol–water partition coefficient (Wildman–Crippen LogP) is 3.32. The maximum Gasteiger partial charge on any atom is 0.127 e. The van der Waals surface area contributed by atoms with Crippen LogP contribution in [0.1, 0.15) is 43.0 Å². The lowest BCUT2D eigenvalue weighted by Crippen LogP contribution is -2.28. The van der Waals surface area contributed by atoms with E-state index in [1.807, 2.05) is 0 Å². The van der Waals surface area contributed by atoms with Crippen molar-refractivity contribution in [3.63, 3.8) is 0 Å². The van der Waals surface area contributed by atoms with Gasteiger partial charge in [-0.2, -0.15) is 0 Å². The van der Waals surface area contributed by atoms with Gasteiger partial charge in [0.25, 0.3) is 0 Å². The average Bonchev–Trinajstić information content (AvgIpc) is 2.37. The van der Waals surface area contributed by atoms with E-state index in [0.717, 1.165) is 18.8 Å². The third-order valence-electron chi connectivity index (χ3n) is 3.60. The summed E-state index contributed by atoms with van der Waals surface area (Å²) < 4.78 is 5.99. The van der Waals surface area contributed by atoms with Crippen molar-refractivity contribution in [1.82, 2.24) is 4.90 Å². The number of aryl methyl sites for hydroxylation is 2. The summed E-state index contributed by atoms with van der Waals surface area (Å²) >= 11 is 0. The molecule has 0 fully saturated rings. The smallest absolute Gasteiger partial charge is 0.127 e. The number of ether oxygens (including phenoxy) is 1. The van der Waals surface area contributed by atoms with Gasteiger partial charge in [0.05, 0.1) is 6.61 Å². The van der Waals surface area contributed by atoms with Gasteiger partial charge < -0.3 is 14.7 Å². The van der Waals surface area contributed by atoms with E-state index in [9.17, 15) is 5.11 Å². The second kappa shape index (κ2) is 7.65. The Morgan fingerprint density at radius 3 is 2.40 bits per heavy atom. The molecule has 2 unspecified atom stereocenters. The van der Waals surface area contributed by atoms with E-state index in [2.05, 4.69) is 58.8 Å². The van der Waals surface area contributed by atoms with Crippen molar-refractivity contribution in [3.8, 4) is 5.75 Å². The van der Waals surface area contributed by atoms with Crippen LogP contribution in [-0.4, -0.2) is 37.3 Å². The van der Waals surface area contributed by atoms with Crippen LogP contribution < -0.4 is 4.74 Å². The van der Waals surface area contributed by atoms with Crippen LogP contribution in [0.4, 0.5) is 0 Å². The van der Waals surface area contributed by atoms with Crippen molar-refractivity contribution in [2.45, 2.75) is 40.2 Å². The van der Waals surface area contributed by atoms with Crippen molar-refractivity contribution in [1.29, 1.82) is 0 Å². The third kappa shape index (κ3) is 3.97. The highest BCUT2D eigenvalue weighted by atomic mass is 16.5. The van der Waals surface area contributed by atoms with Gasteiger partial charge in [-0.1, -0.05) is 31.5 Å². The highest BCUT2D eigenvalue weighted by molar-refractivity contribution is 5.45. The maximum absolute atomic E-state index is 9.55. The molecule has 1 aromatic carbocycles. The molecule has 0 spiro atoms. The second-order valence-corrected chi connectivity index (χ2v) is 5.92. The summed E-state index contributed by atoms with van der Waals surface area (Å²) in [4.78, 5) is 2.16. The van der Waals surface area contributed by atoms with Crippen LogP contribution in [0.2, 0.25) is 0 Å². The normalized spacial score (nSPS) is 14.4. The quantitative estimate of drug-likeness (QED) is 0.831. The first-order chi connectivity index (χ1) is 9.42. The van der Waals surface area contributed by atoms with Crippen LogP contribution in [0, 0.1) is 19.8 Å². The molecule has 114 valence electrons. The summed E-state index contributed by atoms with van der Waals surface area (Å²) in [5.74, 6) is 1.15. The zero-order valence-electron chi connectivity index (χ0n) is 13.7. The number of hydrogen-bond acceptors (Lipinski definition) is 3. The van der Waals surface area contributed by atoms with E-state index in [1.54, 1.807) is 0 Å². The summed E-state index contributed by atoms with van der Waals surface area (Å²) in [5.41, 5.74) is 3.59. The highest BCUT2D eigenvalue weighted by Gasteiger charge is 2.25. The Morgan fingerprint density at radius 2 is 1.90 bits per heavy atom. The molecule has 0 aliphatic rings. The lowest BCUT2D eigenvalue weighted by Gasteiger charge is -2.31. The van der Waals surface area contributed by atoms with Crippen molar-refractivity contribution in [2.75, 3.05) is 27.3 Å². The highest BCUT2D eigenvalue weighted by Crippen LogP contribution is 2.36. The van der Waals surface area contributed by atoms with E-state index < -0.39 is 0 Å². The monoisotopic (exact) mass is 279 g/mol. The molecule has 20 heavy (non-hydrogen) atoms. The lowest BCUT2D eigenvalue weighted by molar-refractivity contribution is 0.142. The average molecular weight is 279 g/mol. The fourth-order valence-electron chi connectivity index (χ4n) is 2.80. The first-order valence-electron chi connectivity index (χ1n) is 7.43. The van der Waals surface area contributed by atoms with Gasteiger partial charge in [-0.05, 0) is 45.8 Å². The largest absolute Gasteiger partial charge is 0.493 e. The molecule has 0 aliphatic carbocycles. The van der Waals surface area contributed by atoms with E-state index in [-0.39, 0.29) is 18.6 Å². The molecule has 1 rings (SSSR count). The van der Waals surface area contributed by atoms with Gasteiger partial charge in [-0.25, -0.2) is 0 Å². The third-order valence-corrected chi connectivity index (χ3v) is 3.60. The summed E-state index contributed by atoms with van der Waals surface area (Å²) in [6.45, 7) is 9.29. The minimum absolute atomic E-state index is 0.158. The lowest BCUT2D eigenvalue weighted by atomic mass is 9.90. The molecule has 1 N–H and O–H groups in total. The Balaban J connectivity index is 3.30. The molecular formula is C17H29NO2. The molecule has 3 nitrogen and oxygen atoms in total. The second-order valence-electron chi connectivity index (χ2n) is 5.92. The molecule has 0 aliphatic heterocycles. The van der Waals surface area contributed by atoms with Crippen LogP contribution in [0.25, 0.3) is 0 Å². The summed E-state index contributed by atoms with van der Waals surface area (Å²) in [6.07, 6.45) is 0.995. The molecule has 0 amide bonds. The number of nitrogens with zero attached hydrogens (tertiary/aromatic N) is 1. The first kappa shape index (κ1) is 17.0. The summed E-state index contributed by atoms with van der Waals surface area (Å²) in [7, 11) is 4.11. The maximum atomic E-state index is 9.55. The molecule has 3 heteroatoms. The fourth-order valence-corrected chi connectivity index (χ4v) is 2.80. The number of rotatable bonds is 7. The Labute approximate surface area is 123 Å². The van der Waals surface area contributed by atoms with Gasteiger partial charge in [0.1, 0.15) is 5.75 Å². The van der Waals surface area contributed by atoms with Crippen molar-refractivity contribution >= 4 is 0 Å². The van der Waals surface area contributed by atoms with Crippen molar-refractivity contribution in [2.24, 2.45) is 5.92 Å². The Kier molecular flexibility index (Phi) is 6.50. The van der Waals surface area contributed by atoms with Gasteiger partial charge in [0, 0.05) is 18.2 Å². The minimum Gasteiger partial charge on any atom is -0.493 e. The summed E-state index contributed by atoms with van der Waals surface area (Å²) in [6, 6.07) is 4.50. The molecule has 0 aromatic heterocycles. The van der Waals surface area contributed by atoms with Gasteiger partial charge in [0.2, 0.25) is 0 Å². The molecule has 0 heterocycles. The standard InChI is InChI=1S/C17H29NO2/c1-7-8-20-17-13(3)9-12(2)10-15(17)16(18(5)6)14(4)11-19/h9-10,14,16,19H,7-8,11H2,1-6H3. The van der Waals surface area contributed by atoms with Gasteiger partial charge in [-0.3, -0.25) is 0 Å². The van der Waals surface area contributed by atoms with Crippen LogP contribution in [0.3, 0.4) is 0 Å². The predicted molar refractivity (Wildman–Crippen MR) is 84.4 cm³/mol.